The van der Waals surface area contributed by atoms with Gasteiger partial charge in [0.1, 0.15) is 18.5 Å². The van der Waals surface area contributed by atoms with Gasteiger partial charge in [0.05, 0.1) is 12.2 Å². The van der Waals surface area contributed by atoms with E-state index in [4.69, 9.17) is 14.9 Å². The van der Waals surface area contributed by atoms with Gasteiger partial charge in [-0.1, -0.05) is 0 Å². The molecule has 1 aromatic carbocycles. The van der Waals surface area contributed by atoms with Crippen LogP contribution in [0.1, 0.15) is 5.56 Å². The fourth-order valence-electron chi connectivity index (χ4n) is 1.09. The molecule has 0 aliphatic rings. The molecule has 0 fully saturated rings. The highest BCUT2D eigenvalue weighted by Crippen LogP contribution is 2.37. The van der Waals surface area contributed by atoms with Gasteiger partial charge in [-0.25, -0.2) is 0 Å². The minimum atomic E-state index is -4.51. The Labute approximate surface area is 109 Å². The second-order valence-corrected chi connectivity index (χ2v) is 4.53. The first-order valence-electron chi connectivity index (χ1n) is 4.63. The first-order chi connectivity index (χ1) is 7.84. The first-order valence-corrected chi connectivity index (χ1v) is 5.71. The van der Waals surface area contributed by atoms with Crippen LogP contribution < -0.4 is 4.74 Å². The van der Waals surface area contributed by atoms with Gasteiger partial charge in [-0.15, -0.1) is 0 Å². The lowest BCUT2D eigenvalue weighted by molar-refractivity contribution is -0.139. The predicted molar refractivity (Wildman–Crippen MR) is 62.7 cm³/mol. The molecule has 0 spiro atoms. The summed E-state index contributed by atoms with van der Waals surface area (Å²) in [6.45, 7) is -0.952. The van der Waals surface area contributed by atoms with Crippen molar-refractivity contribution in [3.05, 3.63) is 27.3 Å². The van der Waals surface area contributed by atoms with Crippen molar-refractivity contribution < 1.29 is 28.1 Å². The summed E-state index contributed by atoms with van der Waals surface area (Å²) < 4.78 is 43.2. The molecule has 1 aromatic rings. The van der Waals surface area contributed by atoms with Crippen molar-refractivity contribution in [1.82, 2.24) is 0 Å². The quantitative estimate of drug-likeness (QED) is 0.807. The van der Waals surface area contributed by atoms with Gasteiger partial charge < -0.3 is 14.9 Å². The summed E-state index contributed by atoms with van der Waals surface area (Å²) >= 11 is 1.77. The Morgan fingerprint density at radius 1 is 1.35 bits per heavy atom. The largest absolute Gasteiger partial charge is 0.490 e. The number of ether oxygens (including phenoxy) is 1. The van der Waals surface area contributed by atoms with E-state index in [1.807, 2.05) is 0 Å². The van der Waals surface area contributed by atoms with Gasteiger partial charge >= 0.3 is 6.18 Å². The van der Waals surface area contributed by atoms with Crippen molar-refractivity contribution in [3.63, 3.8) is 0 Å². The summed E-state index contributed by atoms with van der Waals surface area (Å²) in [4.78, 5) is 0. The number of benzene rings is 1. The molecule has 0 amide bonds. The second-order valence-electron chi connectivity index (χ2n) is 3.29. The molecule has 7 heteroatoms. The van der Waals surface area contributed by atoms with E-state index < -0.39 is 24.5 Å². The van der Waals surface area contributed by atoms with Crippen LogP contribution in [-0.2, 0) is 6.18 Å². The zero-order valence-electron chi connectivity index (χ0n) is 8.54. The molecule has 1 rings (SSSR count). The maximum Gasteiger partial charge on any atom is 0.419 e. The molecule has 0 aliphatic carbocycles. The third-order valence-electron chi connectivity index (χ3n) is 1.89. The van der Waals surface area contributed by atoms with Crippen LogP contribution in [0.15, 0.2) is 18.2 Å². The van der Waals surface area contributed by atoms with Crippen molar-refractivity contribution >= 4 is 22.6 Å². The average Bonchev–Trinajstić information content (AvgIpc) is 2.25. The van der Waals surface area contributed by atoms with Crippen LogP contribution in [0, 0.1) is 3.57 Å². The number of halogens is 4. The normalized spacial score (nSPS) is 13.5. The summed E-state index contributed by atoms with van der Waals surface area (Å²) in [6.07, 6.45) is -5.71. The Morgan fingerprint density at radius 2 is 2.00 bits per heavy atom. The molecule has 0 aliphatic heterocycles. The molecular weight excluding hydrogens is 352 g/mol. The molecular formula is C10H10F3IO3. The van der Waals surface area contributed by atoms with Crippen LogP contribution in [0.4, 0.5) is 13.2 Å². The highest BCUT2D eigenvalue weighted by Gasteiger charge is 2.34. The lowest BCUT2D eigenvalue weighted by atomic mass is 10.2. The highest BCUT2D eigenvalue weighted by molar-refractivity contribution is 14.1. The summed E-state index contributed by atoms with van der Waals surface area (Å²) in [6, 6.07) is 3.62. The van der Waals surface area contributed by atoms with Gasteiger partial charge in [-0.2, -0.15) is 13.2 Å². The van der Waals surface area contributed by atoms with Gasteiger partial charge in [-0.3, -0.25) is 0 Å². The standard InChI is InChI=1S/C10H10F3IO3/c11-10(12,13)8-3-6(14)1-2-9(8)17-5-7(16)4-15/h1-3,7,15-16H,4-5H2. The van der Waals surface area contributed by atoms with Crippen molar-refractivity contribution in [2.45, 2.75) is 12.3 Å². The van der Waals surface area contributed by atoms with Crippen LogP contribution in [-0.4, -0.2) is 29.5 Å². The summed E-state index contributed by atoms with van der Waals surface area (Å²) in [5, 5.41) is 17.5. The van der Waals surface area contributed by atoms with Crippen LogP contribution in [0.5, 0.6) is 5.75 Å². The van der Waals surface area contributed by atoms with E-state index in [-0.39, 0.29) is 12.4 Å². The molecule has 3 nitrogen and oxygen atoms in total. The Balaban J connectivity index is 2.91. The Morgan fingerprint density at radius 3 is 2.53 bits per heavy atom. The molecule has 0 bridgehead atoms. The topological polar surface area (TPSA) is 49.7 Å². The van der Waals surface area contributed by atoms with Crippen LogP contribution in [0.25, 0.3) is 0 Å². The molecule has 0 heterocycles. The zero-order chi connectivity index (χ0) is 13.1. The van der Waals surface area contributed by atoms with Gasteiger partial charge in [0.15, 0.2) is 0 Å². The molecule has 0 saturated carbocycles. The monoisotopic (exact) mass is 362 g/mol. The van der Waals surface area contributed by atoms with Crippen LogP contribution in [0.3, 0.4) is 0 Å². The zero-order valence-corrected chi connectivity index (χ0v) is 10.7. The third-order valence-corrected chi connectivity index (χ3v) is 2.56. The maximum atomic E-state index is 12.6. The number of hydrogen-bond acceptors (Lipinski definition) is 3. The van der Waals surface area contributed by atoms with Crippen molar-refractivity contribution in [2.24, 2.45) is 0 Å². The fraction of sp³-hybridized carbons (Fsp3) is 0.400. The number of aliphatic hydroxyl groups excluding tert-OH is 2. The summed E-state index contributed by atoms with van der Waals surface area (Å²) in [7, 11) is 0. The average molecular weight is 362 g/mol. The van der Waals surface area contributed by atoms with E-state index in [1.165, 1.54) is 12.1 Å². The number of hydrogen-bond donors (Lipinski definition) is 2. The number of alkyl halides is 3. The van der Waals surface area contributed by atoms with Gasteiger partial charge in [0.2, 0.25) is 0 Å². The predicted octanol–water partition coefficient (Wildman–Crippen LogP) is 2.04. The van der Waals surface area contributed by atoms with Crippen LogP contribution in [0.2, 0.25) is 0 Å². The Bertz CT molecular complexity index is 382. The fourth-order valence-corrected chi connectivity index (χ4v) is 1.58. The molecule has 0 radical (unpaired) electrons. The van der Waals surface area contributed by atoms with E-state index >= 15 is 0 Å². The van der Waals surface area contributed by atoms with Crippen molar-refractivity contribution in [1.29, 1.82) is 0 Å². The molecule has 2 N–H and O–H groups in total. The number of aliphatic hydroxyl groups is 2. The molecule has 0 saturated heterocycles. The van der Waals surface area contributed by atoms with Gasteiger partial charge in [0, 0.05) is 3.57 Å². The lowest BCUT2D eigenvalue weighted by Gasteiger charge is -2.15. The minimum absolute atomic E-state index is 0.356. The number of rotatable bonds is 4. The second kappa shape index (κ2) is 5.87. The molecule has 96 valence electrons. The van der Waals surface area contributed by atoms with E-state index in [9.17, 15) is 13.2 Å². The molecule has 1 unspecified atom stereocenters. The Hall–Kier alpha value is -0.540. The summed E-state index contributed by atoms with van der Waals surface area (Å²) in [5.74, 6) is -0.356. The van der Waals surface area contributed by atoms with E-state index in [2.05, 4.69) is 0 Å². The third kappa shape index (κ3) is 4.32. The van der Waals surface area contributed by atoms with Gasteiger partial charge in [0.25, 0.3) is 0 Å². The summed E-state index contributed by atoms with van der Waals surface area (Å²) in [5.41, 5.74) is -0.894. The molecule has 1 atom stereocenters. The first kappa shape index (κ1) is 14.5. The molecule has 17 heavy (non-hydrogen) atoms. The van der Waals surface area contributed by atoms with Crippen LogP contribution >= 0.6 is 22.6 Å². The smallest absolute Gasteiger partial charge is 0.419 e. The van der Waals surface area contributed by atoms with Crippen molar-refractivity contribution in [2.75, 3.05) is 13.2 Å². The highest BCUT2D eigenvalue weighted by atomic mass is 127. The molecule has 0 aromatic heterocycles. The van der Waals surface area contributed by atoms with Gasteiger partial charge in [-0.05, 0) is 40.8 Å². The van der Waals surface area contributed by atoms with E-state index in [1.54, 1.807) is 22.6 Å². The maximum absolute atomic E-state index is 12.6. The SMILES string of the molecule is OCC(O)COc1ccc(I)cc1C(F)(F)F. The minimum Gasteiger partial charge on any atom is -0.490 e. The van der Waals surface area contributed by atoms with E-state index in [0.29, 0.717) is 3.57 Å². The van der Waals surface area contributed by atoms with Crippen molar-refractivity contribution in [3.8, 4) is 5.75 Å². The van der Waals surface area contributed by atoms with E-state index in [0.717, 1.165) is 6.07 Å². The Kier molecular flexibility index (Phi) is 5.02. The lowest BCUT2D eigenvalue weighted by Crippen LogP contribution is -2.22.